The minimum atomic E-state index is -0.129. The molecule has 0 unspecified atom stereocenters. The molecule has 2 heterocycles. The average Bonchev–Trinajstić information content (AvgIpc) is 3.40. The zero-order valence-corrected chi connectivity index (χ0v) is 15.9. The summed E-state index contributed by atoms with van der Waals surface area (Å²) in [6, 6.07) is -0.0389. The summed E-state index contributed by atoms with van der Waals surface area (Å²) in [4.78, 5) is 21.1. The quantitative estimate of drug-likeness (QED) is 0.659. The third kappa shape index (κ3) is 3.37. The molecule has 2 aromatic rings. The van der Waals surface area contributed by atoms with Crippen molar-refractivity contribution in [2.24, 2.45) is 17.8 Å². The molecule has 0 aromatic carbocycles. The van der Waals surface area contributed by atoms with Gasteiger partial charge in [-0.2, -0.15) is 10.1 Å². The molecule has 8 nitrogen and oxygen atoms in total. The fourth-order valence-electron chi connectivity index (χ4n) is 3.96. The summed E-state index contributed by atoms with van der Waals surface area (Å²) in [7, 11) is 1.67. The van der Waals surface area contributed by atoms with Crippen LogP contribution in [0.5, 0.6) is 0 Å². The van der Waals surface area contributed by atoms with E-state index in [1.54, 1.807) is 19.4 Å². The van der Waals surface area contributed by atoms with Gasteiger partial charge < -0.3 is 16.0 Å². The highest BCUT2D eigenvalue weighted by Crippen LogP contribution is 2.45. The molecule has 2 aliphatic carbocycles. The Morgan fingerprint density at radius 3 is 2.89 bits per heavy atom. The lowest BCUT2D eigenvalue weighted by Crippen LogP contribution is -2.42. The number of hydrogen-bond donors (Lipinski definition) is 3. The van der Waals surface area contributed by atoms with Gasteiger partial charge in [-0.25, -0.2) is 4.98 Å². The first-order chi connectivity index (χ1) is 13.1. The van der Waals surface area contributed by atoms with Crippen molar-refractivity contribution in [2.75, 3.05) is 17.7 Å². The SMILES string of the molecule is CCn1cc(Nc2ncc(Cl)c(N[C@@H]3[C@H](C(=O)NC)[C@H]4C=C[C@@H]3C4)n2)cn1. The number of nitrogens with one attached hydrogen (secondary N) is 3. The summed E-state index contributed by atoms with van der Waals surface area (Å²) in [5.74, 6) is 1.41. The normalized spacial score (nSPS) is 25.6. The van der Waals surface area contributed by atoms with E-state index in [-0.39, 0.29) is 23.8 Å². The largest absolute Gasteiger partial charge is 0.365 e. The van der Waals surface area contributed by atoms with Gasteiger partial charge in [0.15, 0.2) is 5.82 Å². The van der Waals surface area contributed by atoms with Crippen molar-refractivity contribution in [3.05, 3.63) is 35.8 Å². The second-order valence-electron chi connectivity index (χ2n) is 6.86. The van der Waals surface area contributed by atoms with Crippen LogP contribution in [0.2, 0.25) is 5.02 Å². The number of anilines is 3. The van der Waals surface area contributed by atoms with E-state index in [1.165, 1.54) is 0 Å². The molecule has 0 aliphatic heterocycles. The van der Waals surface area contributed by atoms with Gasteiger partial charge in [0.2, 0.25) is 11.9 Å². The molecule has 2 bridgehead atoms. The summed E-state index contributed by atoms with van der Waals surface area (Å²) < 4.78 is 1.81. The first-order valence-electron chi connectivity index (χ1n) is 9.07. The molecule has 4 rings (SSSR count). The van der Waals surface area contributed by atoms with Crippen LogP contribution in [0.25, 0.3) is 0 Å². The Morgan fingerprint density at radius 1 is 1.33 bits per heavy atom. The number of fused-ring (bicyclic) bond motifs is 2. The molecule has 0 saturated heterocycles. The van der Waals surface area contributed by atoms with Gasteiger partial charge in [-0.1, -0.05) is 23.8 Å². The summed E-state index contributed by atoms with van der Waals surface area (Å²) >= 11 is 6.32. The zero-order chi connectivity index (χ0) is 19.0. The number of nitrogens with zero attached hydrogens (tertiary/aromatic N) is 4. The van der Waals surface area contributed by atoms with Crippen LogP contribution >= 0.6 is 11.6 Å². The Bertz CT molecular complexity index is 880. The Morgan fingerprint density at radius 2 is 2.15 bits per heavy atom. The molecule has 9 heteroatoms. The number of aromatic nitrogens is 4. The van der Waals surface area contributed by atoms with Crippen molar-refractivity contribution in [1.29, 1.82) is 0 Å². The number of halogens is 1. The van der Waals surface area contributed by atoms with Gasteiger partial charge in [0.05, 0.1) is 24.0 Å². The number of allylic oxidation sites excluding steroid dienone is 1. The van der Waals surface area contributed by atoms with Crippen LogP contribution < -0.4 is 16.0 Å². The number of amides is 1. The first kappa shape index (κ1) is 17.8. The lowest BCUT2D eigenvalue weighted by molar-refractivity contribution is -0.125. The van der Waals surface area contributed by atoms with E-state index in [9.17, 15) is 4.79 Å². The summed E-state index contributed by atoms with van der Waals surface area (Å²) in [6.45, 7) is 2.80. The average molecular weight is 388 g/mol. The molecular formula is C18H22ClN7O. The molecule has 2 aromatic heterocycles. The van der Waals surface area contributed by atoms with E-state index in [0.29, 0.717) is 22.7 Å². The number of carbonyl (C=O) groups is 1. The first-order valence-corrected chi connectivity index (χ1v) is 9.45. The maximum absolute atomic E-state index is 12.4. The Balaban J connectivity index is 1.54. The number of aryl methyl sites for hydroxylation is 1. The van der Waals surface area contributed by atoms with Crippen LogP contribution in [-0.2, 0) is 11.3 Å². The van der Waals surface area contributed by atoms with Gasteiger partial charge in [-0.15, -0.1) is 0 Å². The summed E-state index contributed by atoms with van der Waals surface area (Å²) in [5, 5.41) is 13.9. The van der Waals surface area contributed by atoms with E-state index in [0.717, 1.165) is 18.7 Å². The predicted octanol–water partition coefficient (Wildman–Crippen LogP) is 2.44. The van der Waals surface area contributed by atoms with Crippen LogP contribution in [-0.4, -0.2) is 38.7 Å². The third-order valence-electron chi connectivity index (χ3n) is 5.27. The third-order valence-corrected chi connectivity index (χ3v) is 5.55. The van der Waals surface area contributed by atoms with E-state index in [2.05, 4.69) is 43.2 Å². The van der Waals surface area contributed by atoms with Crippen molar-refractivity contribution < 1.29 is 4.79 Å². The van der Waals surface area contributed by atoms with Crippen molar-refractivity contribution in [1.82, 2.24) is 25.1 Å². The highest BCUT2D eigenvalue weighted by Gasteiger charge is 2.48. The van der Waals surface area contributed by atoms with Crippen LogP contribution in [0, 0.1) is 17.8 Å². The monoisotopic (exact) mass is 387 g/mol. The maximum Gasteiger partial charge on any atom is 0.229 e. The Labute approximate surface area is 162 Å². The molecule has 1 saturated carbocycles. The Kier molecular flexibility index (Phi) is 4.73. The molecule has 27 heavy (non-hydrogen) atoms. The van der Waals surface area contributed by atoms with E-state index >= 15 is 0 Å². The van der Waals surface area contributed by atoms with Crippen molar-refractivity contribution in [3.63, 3.8) is 0 Å². The summed E-state index contributed by atoms with van der Waals surface area (Å²) in [6.07, 6.45) is 10.4. The fourth-order valence-corrected chi connectivity index (χ4v) is 4.11. The Hall–Kier alpha value is -2.61. The van der Waals surface area contributed by atoms with Gasteiger partial charge in [0.1, 0.15) is 5.02 Å². The summed E-state index contributed by atoms with van der Waals surface area (Å²) in [5.41, 5.74) is 0.802. The lowest BCUT2D eigenvalue weighted by atomic mass is 9.88. The molecule has 3 N–H and O–H groups in total. The van der Waals surface area contributed by atoms with Gasteiger partial charge >= 0.3 is 0 Å². The van der Waals surface area contributed by atoms with Gasteiger partial charge in [-0.05, 0) is 25.2 Å². The molecule has 0 radical (unpaired) electrons. The van der Waals surface area contributed by atoms with Crippen molar-refractivity contribution in [2.45, 2.75) is 25.9 Å². The van der Waals surface area contributed by atoms with Crippen LogP contribution in [0.3, 0.4) is 0 Å². The smallest absolute Gasteiger partial charge is 0.229 e. The molecule has 4 atom stereocenters. The minimum Gasteiger partial charge on any atom is -0.365 e. The van der Waals surface area contributed by atoms with Crippen LogP contribution in [0.15, 0.2) is 30.7 Å². The fraction of sp³-hybridized carbons (Fsp3) is 0.444. The zero-order valence-electron chi connectivity index (χ0n) is 15.2. The number of rotatable bonds is 6. The van der Waals surface area contributed by atoms with Crippen molar-refractivity contribution >= 4 is 35.0 Å². The molecule has 142 valence electrons. The van der Waals surface area contributed by atoms with Crippen molar-refractivity contribution in [3.8, 4) is 0 Å². The van der Waals surface area contributed by atoms with Crippen LogP contribution in [0.1, 0.15) is 13.3 Å². The van der Waals surface area contributed by atoms with Gasteiger partial charge in [0.25, 0.3) is 0 Å². The second-order valence-corrected chi connectivity index (χ2v) is 7.27. The highest BCUT2D eigenvalue weighted by atomic mass is 35.5. The van der Waals surface area contributed by atoms with E-state index in [4.69, 9.17) is 11.6 Å². The van der Waals surface area contributed by atoms with E-state index in [1.807, 2.05) is 17.8 Å². The topological polar surface area (TPSA) is 96.8 Å². The number of carbonyl (C=O) groups excluding carboxylic acids is 1. The molecule has 0 spiro atoms. The van der Waals surface area contributed by atoms with Crippen LogP contribution in [0.4, 0.5) is 17.5 Å². The number of hydrogen-bond acceptors (Lipinski definition) is 6. The highest BCUT2D eigenvalue weighted by molar-refractivity contribution is 6.32. The standard InChI is InChI=1S/C18H22ClN7O/c1-3-26-9-12(7-22-26)23-18-21-8-13(19)16(25-18)24-15-11-5-4-10(6-11)14(15)17(27)20-2/h4-5,7-11,14-15H,3,6H2,1-2H3,(H,20,27)(H2,21,23,24,25)/t10-,11+,14+,15-/m0/s1. The van der Waals surface area contributed by atoms with Gasteiger partial charge in [-0.3, -0.25) is 9.48 Å². The minimum absolute atomic E-state index is 0.0389. The predicted molar refractivity (Wildman–Crippen MR) is 104 cm³/mol. The molecule has 2 aliphatic rings. The van der Waals surface area contributed by atoms with Gasteiger partial charge in [0, 0.05) is 25.8 Å². The second kappa shape index (κ2) is 7.19. The maximum atomic E-state index is 12.4. The lowest BCUT2D eigenvalue weighted by Gasteiger charge is -2.28. The van der Waals surface area contributed by atoms with E-state index < -0.39 is 0 Å². The molecular weight excluding hydrogens is 366 g/mol. The molecule has 1 amide bonds. The molecule has 1 fully saturated rings.